The van der Waals surface area contributed by atoms with Crippen LogP contribution in [0.4, 0.5) is 0 Å². The Morgan fingerprint density at radius 3 is 2.38 bits per heavy atom. The minimum absolute atomic E-state index is 0.0311. The van der Waals surface area contributed by atoms with Crippen LogP contribution < -0.4 is 0 Å². The van der Waals surface area contributed by atoms with E-state index in [1.807, 2.05) is 20.8 Å². The standard InChI is InChI=1S/C24H34O5/c1-13(2)10-22(27)24(29-18(7)26)16(5)20-12-23(28-17(6)25)15(4)19-9-8-14(3)11-21(19)20/h10-11,15-16,19-20,23-24H,3,8-9,12H2,1-2,4-7H3/t15-,16?,19-,20-,23+,24-/m0/s1. The van der Waals surface area contributed by atoms with Crippen LogP contribution in [0, 0.1) is 23.7 Å². The van der Waals surface area contributed by atoms with Crippen molar-refractivity contribution in [2.45, 2.75) is 73.0 Å². The average molecular weight is 403 g/mol. The molecule has 2 aliphatic carbocycles. The van der Waals surface area contributed by atoms with Crippen molar-refractivity contribution in [3.63, 3.8) is 0 Å². The number of rotatable bonds is 6. The van der Waals surface area contributed by atoms with Gasteiger partial charge in [0.15, 0.2) is 11.9 Å². The van der Waals surface area contributed by atoms with Gasteiger partial charge in [-0.25, -0.2) is 0 Å². The van der Waals surface area contributed by atoms with Crippen LogP contribution in [0.1, 0.15) is 60.8 Å². The summed E-state index contributed by atoms with van der Waals surface area (Å²) in [5.74, 6) is -0.787. The topological polar surface area (TPSA) is 69.7 Å². The lowest BCUT2D eigenvalue weighted by molar-refractivity contribution is -0.158. The van der Waals surface area contributed by atoms with Crippen molar-refractivity contribution in [1.29, 1.82) is 0 Å². The summed E-state index contributed by atoms with van der Waals surface area (Å²) in [5.41, 5.74) is 3.18. The number of allylic oxidation sites excluding steroid dienone is 4. The highest BCUT2D eigenvalue weighted by molar-refractivity contribution is 5.95. The Hall–Kier alpha value is -2.17. The molecule has 5 heteroatoms. The molecule has 0 spiro atoms. The van der Waals surface area contributed by atoms with Gasteiger partial charge < -0.3 is 9.47 Å². The summed E-state index contributed by atoms with van der Waals surface area (Å²) in [6, 6.07) is 0. The van der Waals surface area contributed by atoms with Crippen LogP contribution in [0.15, 0.2) is 35.5 Å². The summed E-state index contributed by atoms with van der Waals surface area (Å²) in [6.07, 6.45) is 5.07. The number of ether oxygens (including phenoxy) is 2. The molecule has 29 heavy (non-hydrogen) atoms. The first kappa shape index (κ1) is 23.1. The SMILES string of the molecule is C=C1C=C2[C@H](C(C)[C@H](OC(C)=O)C(=O)C=C(C)C)C[C@@H](OC(C)=O)[C@@H](C)[C@@H]2CC1. The van der Waals surface area contributed by atoms with E-state index in [-0.39, 0.29) is 41.5 Å². The summed E-state index contributed by atoms with van der Waals surface area (Å²) >= 11 is 0. The molecule has 0 bridgehead atoms. The molecule has 0 amide bonds. The Morgan fingerprint density at radius 1 is 1.17 bits per heavy atom. The van der Waals surface area contributed by atoms with Crippen molar-refractivity contribution in [1.82, 2.24) is 0 Å². The van der Waals surface area contributed by atoms with E-state index in [2.05, 4.69) is 19.6 Å². The first-order chi connectivity index (χ1) is 13.5. The van der Waals surface area contributed by atoms with E-state index in [4.69, 9.17) is 9.47 Å². The quantitative estimate of drug-likeness (QED) is 0.481. The minimum atomic E-state index is -0.865. The molecule has 0 heterocycles. The Balaban J connectivity index is 2.42. The first-order valence-electron chi connectivity index (χ1n) is 10.4. The van der Waals surface area contributed by atoms with E-state index in [0.29, 0.717) is 6.42 Å². The van der Waals surface area contributed by atoms with Crippen molar-refractivity contribution in [3.05, 3.63) is 35.5 Å². The van der Waals surface area contributed by atoms with Crippen LogP contribution in [0.25, 0.3) is 0 Å². The molecule has 160 valence electrons. The number of esters is 2. The van der Waals surface area contributed by atoms with Crippen LogP contribution in [0.2, 0.25) is 0 Å². The Labute approximate surface area is 174 Å². The summed E-state index contributed by atoms with van der Waals surface area (Å²) < 4.78 is 11.1. The molecular formula is C24H34O5. The largest absolute Gasteiger partial charge is 0.462 e. The molecule has 0 aromatic carbocycles. The third kappa shape index (κ3) is 5.68. The Kier molecular flexibility index (Phi) is 7.61. The third-order valence-corrected chi connectivity index (χ3v) is 6.14. The number of carbonyl (C=O) groups excluding carboxylic acids is 3. The fourth-order valence-corrected chi connectivity index (χ4v) is 4.80. The normalized spacial score (nSPS) is 28.3. The molecule has 0 radical (unpaired) electrons. The highest BCUT2D eigenvalue weighted by Crippen LogP contribution is 2.48. The number of carbonyl (C=O) groups is 3. The molecule has 0 saturated heterocycles. The monoisotopic (exact) mass is 402 g/mol. The molecule has 1 fully saturated rings. The second-order valence-corrected chi connectivity index (χ2v) is 8.81. The first-order valence-corrected chi connectivity index (χ1v) is 10.4. The fourth-order valence-electron chi connectivity index (χ4n) is 4.80. The van der Waals surface area contributed by atoms with Crippen LogP contribution in [0.5, 0.6) is 0 Å². The van der Waals surface area contributed by atoms with E-state index in [1.165, 1.54) is 25.5 Å². The van der Waals surface area contributed by atoms with E-state index in [0.717, 1.165) is 24.0 Å². The minimum Gasteiger partial charge on any atom is -0.462 e. The van der Waals surface area contributed by atoms with Gasteiger partial charge in [0, 0.05) is 19.8 Å². The summed E-state index contributed by atoms with van der Waals surface area (Å²) in [7, 11) is 0. The van der Waals surface area contributed by atoms with E-state index in [9.17, 15) is 14.4 Å². The molecule has 6 atom stereocenters. The zero-order valence-corrected chi connectivity index (χ0v) is 18.5. The molecular weight excluding hydrogens is 368 g/mol. The van der Waals surface area contributed by atoms with Crippen LogP contribution >= 0.6 is 0 Å². The Morgan fingerprint density at radius 2 is 1.83 bits per heavy atom. The third-order valence-electron chi connectivity index (χ3n) is 6.14. The van der Waals surface area contributed by atoms with Gasteiger partial charge in [-0.3, -0.25) is 14.4 Å². The van der Waals surface area contributed by atoms with Gasteiger partial charge in [-0.2, -0.15) is 0 Å². The average Bonchev–Trinajstić information content (AvgIpc) is 2.60. The molecule has 2 rings (SSSR count). The number of ketones is 1. The van der Waals surface area contributed by atoms with E-state index < -0.39 is 12.1 Å². The lowest BCUT2D eigenvalue weighted by Gasteiger charge is -2.46. The van der Waals surface area contributed by atoms with Gasteiger partial charge in [0.05, 0.1) is 0 Å². The lowest BCUT2D eigenvalue weighted by Crippen LogP contribution is -2.46. The summed E-state index contributed by atoms with van der Waals surface area (Å²) in [5, 5.41) is 0. The smallest absolute Gasteiger partial charge is 0.303 e. The maximum Gasteiger partial charge on any atom is 0.303 e. The van der Waals surface area contributed by atoms with Crippen LogP contribution in [0.3, 0.4) is 0 Å². The lowest BCUT2D eigenvalue weighted by atomic mass is 9.61. The van der Waals surface area contributed by atoms with Crippen molar-refractivity contribution in [2.75, 3.05) is 0 Å². The summed E-state index contributed by atoms with van der Waals surface area (Å²) in [4.78, 5) is 36.3. The van der Waals surface area contributed by atoms with E-state index >= 15 is 0 Å². The molecule has 0 aromatic heterocycles. The Bertz CT molecular complexity index is 740. The van der Waals surface area contributed by atoms with Crippen molar-refractivity contribution >= 4 is 17.7 Å². The molecule has 0 N–H and O–H groups in total. The highest BCUT2D eigenvalue weighted by Gasteiger charge is 2.46. The van der Waals surface area contributed by atoms with Gasteiger partial charge in [0.25, 0.3) is 0 Å². The molecule has 0 aliphatic heterocycles. The van der Waals surface area contributed by atoms with Gasteiger partial charge in [-0.15, -0.1) is 0 Å². The van der Waals surface area contributed by atoms with Gasteiger partial charge in [0.2, 0.25) is 0 Å². The van der Waals surface area contributed by atoms with Gasteiger partial charge >= 0.3 is 11.9 Å². The zero-order chi connectivity index (χ0) is 21.9. The maximum absolute atomic E-state index is 12.8. The fraction of sp³-hybridized carbons (Fsp3) is 0.625. The van der Waals surface area contributed by atoms with Crippen LogP contribution in [-0.2, 0) is 23.9 Å². The van der Waals surface area contributed by atoms with Gasteiger partial charge in [-0.05, 0) is 56.9 Å². The van der Waals surface area contributed by atoms with Crippen LogP contribution in [-0.4, -0.2) is 29.9 Å². The molecule has 0 aromatic rings. The molecule has 5 nitrogen and oxygen atoms in total. The predicted molar refractivity (Wildman–Crippen MR) is 112 cm³/mol. The van der Waals surface area contributed by atoms with Gasteiger partial charge in [-0.1, -0.05) is 43.2 Å². The number of fused-ring (bicyclic) bond motifs is 1. The summed E-state index contributed by atoms with van der Waals surface area (Å²) in [6.45, 7) is 14.6. The van der Waals surface area contributed by atoms with Crippen molar-refractivity contribution in [3.8, 4) is 0 Å². The van der Waals surface area contributed by atoms with Crippen molar-refractivity contribution in [2.24, 2.45) is 23.7 Å². The number of hydrogen-bond donors (Lipinski definition) is 0. The second-order valence-electron chi connectivity index (χ2n) is 8.81. The predicted octanol–water partition coefficient (Wildman–Crippen LogP) is 4.57. The molecule has 1 unspecified atom stereocenters. The highest BCUT2D eigenvalue weighted by atomic mass is 16.5. The molecule has 2 aliphatic rings. The number of hydrogen-bond acceptors (Lipinski definition) is 5. The second kappa shape index (κ2) is 9.55. The van der Waals surface area contributed by atoms with Gasteiger partial charge in [0.1, 0.15) is 6.10 Å². The zero-order valence-electron chi connectivity index (χ0n) is 18.5. The maximum atomic E-state index is 12.8. The van der Waals surface area contributed by atoms with Crippen molar-refractivity contribution < 1.29 is 23.9 Å². The van der Waals surface area contributed by atoms with E-state index in [1.54, 1.807) is 0 Å². The molecule has 1 saturated carbocycles.